The highest BCUT2D eigenvalue weighted by Gasteiger charge is 2.11. The van der Waals surface area contributed by atoms with Gasteiger partial charge in [-0.2, -0.15) is 0 Å². The van der Waals surface area contributed by atoms with E-state index in [1.807, 2.05) is 25.4 Å². The summed E-state index contributed by atoms with van der Waals surface area (Å²) in [5.74, 6) is -0.0434. The minimum absolute atomic E-state index is 0. The number of aromatic nitrogens is 2. The number of hydrogen-bond donors (Lipinski definition) is 0. The summed E-state index contributed by atoms with van der Waals surface area (Å²) in [4.78, 5) is 15.9. The number of nitrogens with zero attached hydrogens (tertiary/aromatic N) is 2. The van der Waals surface area contributed by atoms with Crippen molar-refractivity contribution in [1.82, 2.24) is 9.55 Å². The Balaban J connectivity index is 0.00000112. The fourth-order valence-electron chi connectivity index (χ4n) is 1.33. The summed E-state index contributed by atoms with van der Waals surface area (Å²) in [6, 6.07) is 8.95. The summed E-state index contributed by atoms with van der Waals surface area (Å²) < 4.78 is 1.79. The first kappa shape index (κ1) is 11.5. The number of pyridine rings is 1. The van der Waals surface area contributed by atoms with Crippen LogP contribution in [0.25, 0.3) is 0 Å². The highest BCUT2D eigenvalue weighted by Crippen LogP contribution is 2.06. The number of halogens is 1. The predicted molar refractivity (Wildman–Crippen MR) is 60.3 cm³/mol. The summed E-state index contributed by atoms with van der Waals surface area (Å²) >= 11 is 0. The van der Waals surface area contributed by atoms with Crippen LogP contribution in [0.2, 0.25) is 0 Å². The Bertz CT molecular complexity index is 451. The maximum atomic E-state index is 11.8. The molecule has 0 atom stereocenters. The number of aryl methyl sites for hydroxylation is 1. The van der Waals surface area contributed by atoms with Crippen LogP contribution in [0.4, 0.5) is 0 Å². The van der Waals surface area contributed by atoms with Crippen LogP contribution in [-0.2, 0) is 7.05 Å². The molecule has 0 aliphatic heterocycles. The molecule has 0 spiro atoms. The molecule has 0 aliphatic rings. The van der Waals surface area contributed by atoms with Crippen LogP contribution in [0.5, 0.6) is 0 Å². The third-order valence-corrected chi connectivity index (χ3v) is 2.07. The average Bonchev–Trinajstić information content (AvgIpc) is 2.65. The Kier molecular flexibility index (Phi) is 3.63. The van der Waals surface area contributed by atoms with E-state index >= 15 is 0 Å². The van der Waals surface area contributed by atoms with E-state index in [-0.39, 0.29) is 18.2 Å². The molecule has 2 heterocycles. The van der Waals surface area contributed by atoms with Crippen molar-refractivity contribution >= 4 is 18.2 Å². The van der Waals surface area contributed by atoms with E-state index in [1.54, 1.807) is 29.0 Å². The van der Waals surface area contributed by atoms with Gasteiger partial charge in [-0.15, -0.1) is 12.4 Å². The van der Waals surface area contributed by atoms with Gasteiger partial charge in [-0.1, -0.05) is 6.07 Å². The zero-order chi connectivity index (χ0) is 9.97. The maximum Gasteiger partial charge on any atom is 0.227 e. The Hall–Kier alpha value is -1.61. The molecule has 3 nitrogen and oxygen atoms in total. The highest BCUT2D eigenvalue weighted by molar-refractivity contribution is 6.06. The molecule has 0 saturated carbocycles. The zero-order valence-corrected chi connectivity index (χ0v) is 9.07. The lowest BCUT2D eigenvalue weighted by molar-refractivity contribution is 0.102. The Morgan fingerprint density at radius 1 is 1.27 bits per heavy atom. The number of rotatable bonds is 2. The van der Waals surface area contributed by atoms with Crippen LogP contribution in [0.1, 0.15) is 16.2 Å². The first-order valence-electron chi connectivity index (χ1n) is 4.36. The molecule has 2 aromatic rings. The highest BCUT2D eigenvalue weighted by atomic mass is 35.5. The lowest BCUT2D eigenvalue weighted by atomic mass is 10.2. The molecule has 0 aliphatic carbocycles. The van der Waals surface area contributed by atoms with Gasteiger partial charge in [0.2, 0.25) is 5.78 Å². The van der Waals surface area contributed by atoms with E-state index < -0.39 is 0 Å². The van der Waals surface area contributed by atoms with Crippen molar-refractivity contribution in [2.24, 2.45) is 7.05 Å². The van der Waals surface area contributed by atoms with Gasteiger partial charge in [0.25, 0.3) is 0 Å². The van der Waals surface area contributed by atoms with E-state index in [1.165, 1.54) is 0 Å². The van der Waals surface area contributed by atoms with Crippen molar-refractivity contribution in [3.8, 4) is 0 Å². The Morgan fingerprint density at radius 2 is 2.07 bits per heavy atom. The first-order chi connectivity index (χ1) is 6.79. The standard InChI is InChI=1S/C11H10N2O.ClH/c1-13-8-4-6-10(13)11(14)9-5-2-3-7-12-9;/h2-8H,1H3;1H. The largest absolute Gasteiger partial charge is 0.348 e. The molecule has 0 radical (unpaired) electrons. The topological polar surface area (TPSA) is 34.9 Å². The lowest BCUT2D eigenvalue weighted by Gasteiger charge is -2.00. The van der Waals surface area contributed by atoms with Crippen molar-refractivity contribution in [1.29, 1.82) is 0 Å². The van der Waals surface area contributed by atoms with Crippen molar-refractivity contribution in [3.63, 3.8) is 0 Å². The summed E-state index contributed by atoms with van der Waals surface area (Å²) in [6.07, 6.45) is 3.46. The molecule has 2 aromatic heterocycles. The second kappa shape index (κ2) is 4.75. The summed E-state index contributed by atoms with van der Waals surface area (Å²) in [6.45, 7) is 0. The zero-order valence-electron chi connectivity index (χ0n) is 8.25. The summed E-state index contributed by atoms with van der Waals surface area (Å²) in [7, 11) is 1.84. The average molecular weight is 223 g/mol. The van der Waals surface area contributed by atoms with Gasteiger partial charge in [0.1, 0.15) is 5.69 Å². The molecular weight excluding hydrogens is 212 g/mol. The lowest BCUT2D eigenvalue weighted by Crippen LogP contribution is -2.08. The SMILES string of the molecule is Cl.Cn1cccc1C(=O)c1ccccn1. The molecule has 0 amide bonds. The van der Waals surface area contributed by atoms with E-state index in [9.17, 15) is 4.79 Å². The van der Waals surface area contributed by atoms with Crippen molar-refractivity contribution in [3.05, 3.63) is 54.1 Å². The molecule has 0 aromatic carbocycles. The minimum atomic E-state index is -0.0434. The minimum Gasteiger partial charge on any atom is -0.348 e. The molecular formula is C11H11ClN2O. The maximum absolute atomic E-state index is 11.8. The molecule has 0 saturated heterocycles. The van der Waals surface area contributed by atoms with Crippen molar-refractivity contribution in [2.75, 3.05) is 0 Å². The fourth-order valence-corrected chi connectivity index (χ4v) is 1.33. The van der Waals surface area contributed by atoms with Gasteiger partial charge in [0.05, 0.1) is 5.69 Å². The molecule has 0 unspecified atom stereocenters. The molecule has 0 bridgehead atoms. The molecule has 0 fully saturated rings. The van der Waals surface area contributed by atoms with Gasteiger partial charge < -0.3 is 4.57 Å². The van der Waals surface area contributed by atoms with Crippen LogP contribution >= 0.6 is 12.4 Å². The fraction of sp³-hybridized carbons (Fsp3) is 0.0909. The van der Waals surface area contributed by atoms with Crippen molar-refractivity contribution < 1.29 is 4.79 Å². The van der Waals surface area contributed by atoms with Crippen LogP contribution in [0, 0.1) is 0 Å². The van der Waals surface area contributed by atoms with E-state index in [4.69, 9.17) is 0 Å². The van der Waals surface area contributed by atoms with Gasteiger partial charge in [-0.05, 0) is 24.3 Å². The van der Waals surface area contributed by atoms with Crippen molar-refractivity contribution in [2.45, 2.75) is 0 Å². The smallest absolute Gasteiger partial charge is 0.227 e. The number of ketones is 1. The second-order valence-electron chi connectivity index (χ2n) is 3.05. The van der Waals surface area contributed by atoms with Crippen LogP contribution < -0.4 is 0 Å². The number of carbonyl (C=O) groups excluding carboxylic acids is 1. The summed E-state index contributed by atoms with van der Waals surface area (Å²) in [5.41, 5.74) is 1.14. The van der Waals surface area contributed by atoms with Crippen LogP contribution in [0.15, 0.2) is 42.7 Å². The monoisotopic (exact) mass is 222 g/mol. The van der Waals surface area contributed by atoms with Gasteiger partial charge >= 0.3 is 0 Å². The van der Waals surface area contributed by atoms with Crippen LogP contribution in [0.3, 0.4) is 0 Å². The molecule has 15 heavy (non-hydrogen) atoms. The Morgan fingerprint density at radius 3 is 2.60 bits per heavy atom. The normalized spacial score (nSPS) is 9.40. The second-order valence-corrected chi connectivity index (χ2v) is 3.05. The summed E-state index contributed by atoms with van der Waals surface area (Å²) in [5, 5.41) is 0. The first-order valence-corrected chi connectivity index (χ1v) is 4.36. The molecule has 0 N–H and O–H groups in total. The van der Waals surface area contributed by atoms with Gasteiger partial charge in [0, 0.05) is 19.4 Å². The third kappa shape index (κ3) is 2.25. The molecule has 78 valence electrons. The molecule has 2 rings (SSSR count). The predicted octanol–water partition coefficient (Wildman–Crippen LogP) is 2.07. The van der Waals surface area contributed by atoms with Gasteiger partial charge in [0.15, 0.2) is 0 Å². The van der Waals surface area contributed by atoms with E-state index in [0.717, 1.165) is 0 Å². The number of carbonyl (C=O) groups is 1. The number of hydrogen-bond acceptors (Lipinski definition) is 2. The van der Waals surface area contributed by atoms with E-state index in [2.05, 4.69) is 4.98 Å². The van der Waals surface area contributed by atoms with Gasteiger partial charge in [-0.3, -0.25) is 9.78 Å². The quantitative estimate of drug-likeness (QED) is 0.730. The van der Waals surface area contributed by atoms with Gasteiger partial charge in [-0.25, -0.2) is 0 Å². The van der Waals surface area contributed by atoms with E-state index in [0.29, 0.717) is 11.4 Å². The Labute approximate surface area is 94.2 Å². The third-order valence-electron chi connectivity index (χ3n) is 2.07. The van der Waals surface area contributed by atoms with Crippen LogP contribution in [-0.4, -0.2) is 15.3 Å². The molecule has 4 heteroatoms.